The molecule has 0 atom stereocenters. The third-order valence-electron chi connectivity index (χ3n) is 4.62. The van der Waals surface area contributed by atoms with Crippen molar-refractivity contribution in [2.75, 3.05) is 6.61 Å². The van der Waals surface area contributed by atoms with Gasteiger partial charge in [0.25, 0.3) is 0 Å². The molecule has 4 rings (SSSR count). The second-order valence-corrected chi connectivity index (χ2v) is 7.40. The lowest BCUT2D eigenvalue weighted by Gasteiger charge is -2.07. The minimum atomic E-state index is -0.516. The number of hydrogen-bond donors (Lipinski definition) is 0. The normalized spacial score (nSPS) is 11.3. The van der Waals surface area contributed by atoms with Gasteiger partial charge < -0.3 is 4.74 Å². The minimum absolute atomic E-state index is 0.0388. The third kappa shape index (κ3) is 3.89. The van der Waals surface area contributed by atoms with Crippen molar-refractivity contribution in [1.29, 1.82) is 0 Å². The molecule has 11 nitrogen and oxygen atoms in total. The molecule has 13 heteroatoms. The molecular formula is C18H16Cl2N8O3. The van der Waals surface area contributed by atoms with Crippen LogP contribution >= 0.6 is 23.2 Å². The number of hydrogen-bond acceptors (Lipinski definition) is 8. The fourth-order valence-corrected chi connectivity index (χ4v) is 3.55. The molecule has 0 N–H and O–H groups in total. The lowest BCUT2D eigenvalue weighted by atomic mass is 10.2. The van der Waals surface area contributed by atoms with Crippen LogP contribution in [-0.2, 0) is 6.54 Å². The van der Waals surface area contributed by atoms with Gasteiger partial charge in [-0.1, -0.05) is 11.6 Å². The predicted octanol–water partition coefficient (Wildman–Crippen LogP) is 3.63. The zero-order valence-corrected chi connectivity index (χ0v) is 18.2. The molecule has 160 valence electrons. The van der Waals surface area contributed by atoms with E-state index in [0.29, 0.717) is 28.1 Å². The van der Waals surface area contributed by atoms with E-state index in [9.17, 15) is 10.1 Å². The van der Waals surface area contributed by atoms with Gasteiger partial charge in [-0.05, 0) is 44.5 Å². The average molecular weight is 463 g/mol. The molecule has 31 heavy (non-hydrogen) atoms. The Morgan fingerprint density at radius 3 is 2.65 bits per heavy atom. The molecule has 0 fully saturated rings. The van der Waals surface area contributed by atoms with Crippen molar-refractivity contribution in [2.24, 2.45) is 0 Å². The van der Waals surface area contributed by atoms with Gasteiger partial charge in [-0.3, -0.25) is 15.1 Å². The number of ether oxygens (including phenoxy) is 1. The lowest BCUT2D eigenvalue weighted by Crippen LogP contribution is -2.11. The number of pyridine rings is 1. The lowest BCUT2D eigenvalue weighted by molar-refractivity contribution is -0.386. The molecule has 0 bridgehead atoms. The molecule has 4 aromatic heterocycles. The summed E-state index contributed by atoms with van der Waals surface area (Å²) in [5.41, 5.74) is 2.73. The van der Waals surface area contributed by atoms with Gasteiger partial charge in [0.05, 0.1) is 28.2 Å². The molecule has 0 aromatic carbocycles. The van der Waals surface area contributed by atoms with Gasteiger partial charge in [-0.2, -0.15) is 10.1 Å². The highest BCUT2D eigenvalue weighted by atomic mass is 35.5. The summed E-state index contributed by atoms with van der Waals surface area (Å²) < 4.78 is 8.62. The maximum atomic E-state index is 11.7. The second-order valence-electron chi connectivity index (χ2n) is 6.70. The fraction of sp³-hybridized carbons (Fsp3) is 0.278. The predicted molar refractivity (Wildman–Crippen MR) is 113 cm³/mol. The van der Waals surface area contributed by atoms with Crippen LogP contribution in [0.15, 0.2) is 18.3 Å². The average Bonchev–Trinajstić information content (AvgIpc) is 3.18. The summed E-state index contributed by atoms with van der Waals surface area (Å²) in [5.74, 6) is -0.0994. The van der Waals surface area contributed by atoms with E-state index in [4.69, 9.17) is 27.9 Å². The van der Waals surface area contributed by atoms with Gasteiger partial charge in [-0.15, -0.1) is 5.10 Å². The smallest absolute Gasteiger partial charge is 0.353 e. The Kier molecular flexibility index (Phi) is 5.46. The molecule has 0 aliphatic rings. The summed E-state index contributed by atoms with van der Waals surface area (Å²) in [6, 6.07) is 3.63. The number of halogens is 2. The molecule has 0 spiro atoms. The fourth-order valence-electron chi connectivity index (χ4n) is 3.20. The number of fused-ring (bicyclic) bond motifs is 1. The Balaban J connectivity index is 1.62. The van der Waals surface area contributed by atoms with E-state index in [0.717, 1.165) is 5.69 Å². The standard InChI is InChI=1S/C18H16Cl2N8O3/c1-9-4-5-13(10(2)22-9)27-11(3)14(28(29)30)17(25-27)31-7-6-26-16-12(15(19)24-26)8-21-18(20)23-16/h4-5,8H,6-7H2,1-3H3. The van der Waals surface area contributed by atoms with Gasteiger partial charge in [0.2, 0.25) is 5.28 Å². The van der Waals surface area contributed by atoms with Crippen molar-refractivity contribution in [3.8, 4) is 11.6 Å². The zero-order valence-electron chi connectivity index (χ0n) is 16.7. The van der Waals surface area contributed by atoms with Crippen LogP contribution in [0.4, 0.5) is 5.69 Å². The maximum Gasteiger partial charge on any atom is 0.353 e. The zero-order chi connectivity index (χ0) is 22.3. The van der Waals surface area contributed by atoms with Crippen molar-refractivity contribution in [1.82, 2.24) is 34.5 Å². The monoisotopic (exact) mass is 462 g/mol. The molecule has 0 amide bonds. The van der Waals surface area contributed by atoms with Crippen LogP contribution in [0.1, 0.15) is 17.1 Å². The van der Waals surface area contributed by atoms with Gasteiger partial charge in [0.15, 0.2) is 10.8 Å². The van der Waals surface area contributed by atoms with Crippen LogP contribution in [-0.4, -0.2) is 46.0 Å². The highest BCUT2D eigenvalue weighted by molar-refractivity contribution is 6.34. The molecule has 0 radical (unpaired) electrons. The Morgan fingerprint density at radius 2 is 1.94 bits per heavy atom. The second kappa shape index (κ2) is 8.08. The van der Waals surface area contributed by atoms with E-state index in [2.05, 4.69) is 25.1 Å². The first-order valence-corrected chi connectivity index (χ1v) is 9.88. The van der Waals surface area contributed by atoms with Gasteiger partial charge in [0, 0.05) is 11.9 Å². The van der Waals surface area contributed by atoms with E-state index in [1.807, 2.05) is 26.0 Å². The first-order valence-electron chi connectivity index (χ1n) is 9.12. The van der Waals surface area contributed by atoms with Gasteiger partial charge in [0.1, 0.15) is 12.3 Å². The molecular weight excluding hydrogens is 447 g/mol. The van der Waals surface area contributed by atoms with Gasteiger partial charge in [-0.25, -0.2) is 14.3 Å². The van der Waals surface area contributed by atoms with Crippen molar-refractivity contribution >= 4 is 39.9 Å². The van der Waals surface area contributed by atoms with Crippen LogP contribution in [0.3, 0.4) is 0 Å². The Bertz CT molecular complexity index is 1320. The van der Waals surface area contributed by atoms with Crippen molar-refractivity contribution in [3.05, 3.63) is 56.0 Å². The summed E-state index contributed by atoms with van der Waals surface area (Å²) >= 11 is 12.0. The molecule has 0 aliphatic heterocycles. The van der Waals surface area contributed by atoms with E-state index < -0.39 is 4.92 Å². The molecule has 0 unspecified atom stereocenters. The number of nitro groups is 1. The number of nitrogens with zero attached hydrogens (tertiary/aromatic N) is 8. The molecule has 0 saturated carbocycles. The minimum Gasteiger partial charge on any atom is -0.470 e. The first kappa shape index (κ1) is 20.9. The van der Waals surface area contributed by atoms with E-state index in [1.54, 1.807) is 6.92 Å². The number of aromatic nitrogens is 7. The summed E-state index contributed by atoms with van der Waals surface area (Å²) in [4.78, 5) is 23.6. The topological polar surface area (TPSA) is 127 Å². The summed E-state index contributed by atoms with van der Waals surface area (Å²) in [6.45, 7) is 5.54. The summed E-state index contributed by atoms with van der Waals surface area (Å²) in [7, 11) is 0. The van der Waals surface area contributed by atoms with E-state index in [-0.39, 0.29) is 35.2 Å². The third-order valence-corrected chi connectivity index (χ3v) is 5.08. The first-order chi connectivity index (χ1) is 14.8. The van der Waals surface area contributed by atoms with Gasteiger partial charge >= 0.3 is 11.6 Å². The van der Waals surface area contributed by atoms with Crippen molar-refractivity contribution in [3.63, 3.8) is 0 Å². The molecule has 0 aliphatic carbocycles. The molecule has 0 saturated heterocycles. The van der Waals surface area contributed by atoms with Crippen LogP contribution in [0.25, 0.3) is 16.7 Å². The van der Waals surface area contributed by atoms with Crippen LogP contribution < -0.4 is 4.74 Å². The van der Waals surface area contributed by atoms with Crippen LogP contribution in [0.2, 0.25) is 10.4 Å². The van der Waals surface area contributed by atoms with E-state index >= 15 is 0 Å². The Morgan fingerprint density at radius 1 is 1.16 bits per heavy atom. The summed E-state index contributed by atoms with van der Waals surface area (Å²) in [5, 5.41) is 21.0. The van der Waals surface area contributed by atoms with Crippen LogP contribution in [0, 0.1) is 30.9 Å². The quantitative estimate of drug-likeness (QED) is 0.241. The molecule has 4 heterocycles. The number of aryl methyl sites for hydroxylation is 2. The number of rotatable bonds is 6. The summed E-state index contributed by atoms with van der Waals surface area (Å²) in [6.07, 6.45) is 1.48. The highest BCUT2D eigenvalue weighted by Gasteiger charge is 2.28. The Labute approximate surface area is 185 Å². The maximum absolute atomic E-state index is 11.7. The van der Waals surface area contributed by atoms with E-state index in [1.165, 1.54) is 15.6 Å². The van der Waals surface area contributed by atoms with Crippen LogP contribution in [0.5, 0.6) is 5.88 Å². The van der Waals surface area contributed by atoms with Crippen molar-refractivity contribution < 1.29 is 9.66 Å². The SMILES string of the molecule is Cc1ccc(-n2nc(OCCn3nc(Cl)c4cnc(Cl)nc43)c([N+](=O)[O-])c2C)c(C)n1. The largest absolute Gasteiger partial charge is 0.470 e. The Hall–Kier alpha value is -3.31. The highest BCUT2D eigenvalue weighted by Crippen LogP contribution is 2.32. The molecule has 4 aromatic rings. The van der Waals surface area contributed by atoms with Crippen molar-refractivity contribution in [2.45, 2.75) is 27.3 Å².